The number of pyridine rings is 1. The number of hydrogen-bond acceptors (Lipinski definition) is 4. The number of rotatable bonds is 5. The monoisotopic (exact) mass is 386 g/mol. The Bertz CT molecular complexity index is 1160. The summed E-state index contributed by atoms with van der Waals surface area (Å²) in [6, 6.07) is 18.8. The quantitative estimate of drug-likeness (QED) is 0.541. The van der Waals surface area contributed by atoms with E-state index in [1.54, 1.807) is 32.3 Å². The normalized spacial score (nSPS) is 11.6. The van der Waals surface area contributed by atoms with Crippen LogP contribution in [0.4, 0.5) is 5.95 Å². The highest BCUT2D eigenvalue weighted by Crippen LogP contribution is 2.24. The fourth-order valence-electron chi connectivity index (χ4n) is 3.27. The highest BCUT2D eigenvalue weighted by atomic mass is 16.3. The van der Waals surface area contributed by atoms with E-state index in [1.165, 1.54) is 0 Å². The first-order chi connectivity index (χ1) is 13.9. The minimum Gasteiger partial charge on any atom is -0.389 e. The van der Waals surface area contributed by atoms with E-state index in [2.05, 4.69) is 15.3 Å². The van der Waals surface area contributed by atoms with E-state index in [-0.39, 0.29) is 5.91 Å². The second-order valence-corrected chi connectivity index (χ2v) is 7.60. The molecule has 0 spiro atoms. The third kappa shape index (κ3) is 4.17. The molecule has 2 aromatic carbocycles. The molecule has 0 fully saturated rings. The number of carbonyl (C=O) groups excluding carboxylic acids is 1. The van der Waals surface area contributed by atoms with Gasteiger partial charge in [-0.2, -0.15) is 0 Å². The van der Waals surface area contributed by atoms with Gasteiger partial charge in [0.15, 0.2) is 0 Å². The molecule has 6 nitrogen and oxygen atoms in total. The van der Waals surface area contributed by atoms with Crippen LogP contribution in [-0.4, -0.2) is 31.1 Å². The molecule has 0 aliphatic heterocycles. The highest BCUT2D eigenvalue weighted by molar-refractivity contribution is 6.04. The van der Waals surface area contributed by atoms with Crippen LogP contribution in [0.3, 0.4) is 0 Å². The van der Waals surface area contributed by atoms with Gasteiger partial charge in [0, 0.05) is 23.5 Å². The number of anilines is 1. The van der Waals surface area contributed by atoms with Gasteiger partial charge >= 0.3 is 0 Å². The first-order valence-electron chi connectivity index (χ1n) is 9.40. The average Bonchev–Trinajstić information content (AvgIpc) is 3.04. The van der Waals surface area contributed by atoms with Crippen LogP contribution < -0.4 is 5.32 Å². The van der Waals surface area contributed by atoms with Crippen LogP contribution in [0.5, 0.6) is 0 Å². The molecule has 0 aliphatic carbocycles. The molecule has 0 saturated heterocycles. The first-order valence-corrected chi connectivity index (χ1v) is 9.40. The van der Waals surface area contributed by atoms with Crippen molar-refractivity contribution in [3.63, 3.8) is 0 Å². The Kier molecular flexibility index (Phi) is 4.86. The molecule has 1 amide bonds. The number of benzene rings is 2. The highest BCUT2D eigenvalue weighted by Gasteiger charge is 2.20. The summed E-state index contributed by atoms with van der Waals surface area (Å²) in [6.45, 7) is 3.76. The molecular formula is C23H22N4O2. The lowest BCUT2D eigenvalue weighted by Crippen LogP contribution is -2.27. The van der Waals surface area contributed by atoms with Gasteiger partial charge in [0.2, 0.25) is 5.95 Å². The lowest BCUT2D eigenvalue weighted by Gasteiger charge is -2.20. The van der Waals surface area contributed by atoms with Crippen LogP contribution in [0.1, 0.15) is 24.2 Å². The number of fused-ring (bicyclic) bond motifs is 1. The molecule has 2 heterocycles. The summed E-state index contributed by atoms with van der Waals surface area (Å²) in [5, 5.41) is 13.2. The molecule has 146 valence electrons. The average molecular weight is 386 g/mol. The SMILES string of the molecule is CC(C)(O)Cn1c(NC(=O)c2cccc(-c3cccnc3)c2)nc2ccccc21. The zero-order chi connectivity index (χ0) is 20.4. The van der Waals surface area contributed by atoms with Gasteiger partial charge in [-0.15, -0.1) is 0 Å². The maximum absolute atomic E-state index is 12.9. The Morgan fingerprint density at radius 3 is 2.62 bits per heavy atom. The van der Waals surface area contributed by atoms with Gasteiger partial charge in [0.1, 0.15) is 0 Å². The van der Waals surface area contributed by atoms with E-state index < -0.39 is 5.60 Å². The van der Waals surface area contributed by atoms with Crippen LogP contribution in [0.25, 0.3) is 22.2 Å². The largest absolute Gasteiger partial charge is 0.389 e. The van der Waals surface area contributed by atoms with Gasteiger partial charge in [0.25, 0.3) is 5.91 Å². The number of aromatic nitrogens is 3. The lowest BCUT2D eigenvalue weighted by molar-refractivity contribution is 0.0630. The van der Waals surface area contributed by atoms with Crippen LogP contribution in [-0.2, 0) is 6.54 Å². The standard InChI is InChI=1S/C23H22N4O2/c1-23(2,29)15-27-20-11-4-3-10-19(20)25-22(27)26-21(28)17-8-5-7-16(13-17)18-9-6-12-24-14-18/h3-14,29H,15H2,1-2H3,(H,25,26,28). The first kappa shape index (κ1) is 18.8. The van der Waals surface area contributed by atoms with Crippen molar-refractivity contribution in [2.24, 2.45) is 0 Å². The summed E-state index contributed by atoms with van der Waals surface area (Å²) in [5.74, 6) is 0.146. The third-order valence-corrected chi connectivity index (χ3v) is 4.54. The van der Waals surface area contributed by atoms with E-state index in [9.17, 15) is 9.90 Å². The van der Waals surface area contributed by atoms with Crippen LogP contribution in [0, 0.1) is 0 Å². The summed E-state index contributed by atoms with van der Waals surface area (Å²) in [6.07, 6.45) is 3.48. The summed E-state index contributed by atoms with van der Waals surface area (Å²) in [7, 11) is 0. The minimum absolute atomic E-state index is 0.261. The Labute approximate surface area is 168 Å². The van der Waals surface area contributed by atoms with Gasteiger partial charge in [-0.1, -0.05) is 30.3 Å². The molecule has 0 radical (unpaired) electrons. The van der Waals surface area contributed by atoms with Crippen LogP contribution >= 0.6 is 0 Å². The zero-order valence-electron chi connectivity index (χ0n) is 16.3. The summed E-state index contributed by atoms with van der Waals surface area (Å²) in [5.41, 5.74) is 3.04. The van der Waals surface area contributed by atoms with Crippen molar-refractivity contribution in [1.29, 1.82) is 0 Å². The summed E-state index contributed by atoms with van der Waals surface area (Å²) in [4.78, 5) is 21.6. The van der Waals surface area contributed by atoms with Crippen LogP contribution in [0.15, 0.2) is 73.1 Å². The predicted octanol–water partition coefficient (Wildman–Crippen LogP) is 4.12. The van der Waals surface area contributed by atoms with Crippen LogP contribution in [0.2, 0.25) is 0 Å². The van der Waals surface area contributed by atoms with Crippen molar-refractivity contribution in [2.75, 3.05) is 5.32 Å². The fraction of sp³-hybridized carbons (Fsp3) is 0.174. The van der Waals surface area contributed by atoms with Gasteiger partial charge in [-0.05, 0) is 49.7 Å². The van der Waals surface area contributed by atoms with Gasteiger partial charge in [-0.25, -0.2) is 4.98 Å². The molecule has 6 heteroatoms. The number of aliphatic hydroxyl groups is 1. The Hall–Kier alpha value is -3.51. The number of carbonyl (C=O) groups is 1. The van der Waals surface area contributed by atoms with E-state index in [0.29, 0.717) is 18.1 Å². The molecule has 0 bridgehead atoms. The number of nitrogens with zero attached hydrogens (tertiary/aromatic N) is 3. The summed E-state index contributed by atoms with van der Waals surface area (Å²) < 4.78 is 1.83. The van der Waals surface area contributed by atoms with Gasteiger partial charge in [-0.3, -0.25) is 15.1 Å². The van der Waals surface area contributed by atoms with Gasteiger partial charge in [0.05, 0.1) is 23.2 Å². The topological polar surface area (TPSA) is 80.0 Å². The van der Waals surface area contributed by atoms with Crippen molar-refractivity contribution in [3.05, 3.63) is 78.6 Å². The second-order valence-electron chi connectivity index (χ2n) is 7.60. The van der Waals surface area contributed by atoms with E-state index in [1.807, 2.05) is 59.2 Å². The molecule has 0 saturated carbocycles. The van der Waals surface area contributed by atoms with Crippen molar-refractivity contribution in [2.45, 2.75) is 26.0 Å². The molecule has 0 atom stereocenters. The number of hydrogen-bond donors (Lipinski definition) is 2. The molecule has 4 rings (SSSR count). The van der Waals surface area contributed by atoms with Crippen molar-refractivity contribution >= 4 is 22.9 Å². The Balaban J connectivity index is 1.67. The molecule has 2 aromatic heterocycles. The minimum atomic E-state index is -0.955. The Morgan fingerprint density at radius 2 is 1.86 bits per heavy atom. The lowest BCUT2D eigenvalue weighted by atomic mass is 10.0. The molecule has 4 aromatic rings. The Morgan fingerprint density at radius 1 is 1.07 bits per heavy atom. The molecule has 29 heavy (non-hydrogen) atoms. The maximum Gasteiger partial charge on any atom is 0.257 e. The zero-order valence-corrected chi connectivity index (χ0v) is 16.3. The van der Waals surface area contributed by atoms with Crippen molar-refractivity contribution in [3.8, 4) is 11.1 Å². The number of para-hydroxylation sites is 2. The van der Waals surface area contributed by atoms with Crippen molar-refractivity contribution < 1.29 is 9.90 Å². The van der Waals surface area contributed by atoms with E-state index in [0.717, 1.165) is 22.2 Å². The predicted molar refractivity (Wildman–Crippen MR) is 114 cm³/mol. The molecule has 0 aliphatic rings. The van der Waals surface area contributed by atoms with Gasteiger partial charge < -0.3 is 9.67 Å². The second kappa shape index (κ2) is 7.48. The maximum atomic E-state index is 12.9. The summed E-state index contributed by atoms with van der Waals surface area (Å²) >= 11 is 0. The molecule has 0 unspecified atom stereocenters. The fourth-order valence-corrected chi connectivity index (χ4v) is 3.27. The molecular weight excluding hydrogens is 364 g/mol. The number of amides is 1. The van der Waals surface area contributed by atoms with E-state index in [4.69, 9.17) is 0 Å². The van der Waals surface area contributed by atoms with E-state index >= 15 is 0 Å². The number of imidazole rings is 1. The third-order valence-electron chi connectivity index (χ3n) is 4.54. The smallest absolute Gasteiger partial charge is 0.257 e. The number of nitrogens with one attached hydrogen (secondary N) is 1. The molecule has 2 N–H and O–H groups in total. The van der Waals surface area contributed by atoms with Crippen molar-refractivity contribution in [1.82, 2.24) is 14.5 Å².